The summed E-state index contributed by atoms with van der Waals surface area (Å²) in [5.74, 6) is -2.37. The molecular weight excluding hydrogens is 522 g/mol. The van der Waals surface area contributed by atoms with E-state index in [1.165, 1.54) is 4.90 Å². The van der Waals surface area contributed by atoms with Crippen molar-refractivity contribution in [3.05, 3.63) is 47.2 Å². The number of halogens is 2. The van der Waals surface area contributed by atoms with E-state index in [0.717, 1.165) is 17.5 Å². The first-order valence-electron chi connectivity index (χ1n) is 13.7. The number of amides is 1. The molecule has 1 saturated carbocycles. The number of aliphatic hydroxyl groups is 1. The summed E-state index contributed by atoms with van der Waals surface area (Å²) < 4.78 is 46.1. The molecule has 5 rings (SSSR count). The lowest BCUT2D eigenvalue weighted by atomic mass is 9.95. The number of fused-ring (bicyclic) bond motifs is 1. The average Bonchev–Trinajstić information content (AvgIpc) is 3.18. The molecule has 1 aromatic carbocycles. The zero-order chi connectivity index (χ0) is 28.8. The topological polar surface area (TPSA) is 97.2 Å². The van der Waals surface area contributed by atoms with E-state index in [1.807, 2.05) is 35.2 Å². The number of alkyl halides is 2. The van der Waals surface area contributed by atoms with Gasteiger partial charge in [0.15, 0.2) is 0 Å². The number of rotatable bonds is 8. The molecule has 0 spiro atoms. The second kappa shape index (κ2) is 10.4. The Balaban J connectivity index is 1.34. The molecule has 218 valence electrons. The van der Waals surface area contributed by atoms with Gasteiger partial charge in [0.05, 0.1) is 43.0 Å². The number of aromatic nitrogens is 2. The van der Waals surface area contributed by atoms with Crippen molar-refractivity contribution in [3.8, 4) is 6.01 Å². The molecule has 1 aromatic heterocycles. The lowest BCUT2D eigenvalue weighted by molar-refractivity contribution is -0.0174. The number of ether oxygens (including phenoxy) is 3. The molecule has 11 heteroatoms. The highest BCUT2D eigenvalue weighted by Gasteiger charge is 2.72. The average molecular weight is 561 g/mol. The lowest BCUT2D eigenvalue weighted by Gasteiger charge is -2.38. The van der Waals surface area contributed by atoms with Crippen molar-refractivity contribution in [2.24, 2.45) is 5.41 Å². The van der Waals surface area contributed by atoms with Gasteiger partial charge in [0, 0.05) is 25.1 Å². The maximum absolute atomic E-state index is 14.5. The van der Waals surface area contributed by atoms with Crippen LogP contribution in [0, 0.1) is 5.41 Å². The zero-order valence-electron chi connectivity index (χ0n) is 23.6. The molecule has 1 amide bonds. The van der Waals surface area contributed by atoms with Crippen molar-refractivity contribution in [3.63, 3.8) is 0 Å². The van der Waals surface area contributed by atoms with Crippen LogP contribution in [0.3, 0.4) is 0 Å². The highest BCUT2D eigenvalue weighted by atomic mass is 19.3. The summed E-state index contributed by atoms with van der Waals surface area (Å²) in [6, 6.07) is 9.36. The van der Waals surface area contributed by atoms with Crippen LogP contribution in [0.4, 0.5) is 19.4 Å². The molecule has 2 atom stereocenters. The molecule has 1 saturated heterocycles. The Morgan fingerprint density at radius 1 is 1.12 bits per heavy atom. The predicted molar refractivity (Wildman–Crippen MR) is 143 cm³/mol. The molecule has 3 heterocycles. The van der Waals surface area contributed by atoms with Gasteiger partial charge in [-0.1, -0.05) is 30.3 Å². The molecule has 2 aliphatic heterocycles. The largest absolute Gasteiger partial charge is 0.462 e. The first-order valence-corrected chi connectivity index (χ1v) is 13.7. The van der Waals surface area contributed by atoms with Crippen LogP contribution in [0.1, 0.15) is 63.8 Å². The summed E-state index contributed by atoms with van der Waals surface area (Å²) in [4.78, 5) is 25.5. The molecule has 1 aliphatic carbocycles. The van der Waals surface area contributed by atoms with Crippen molar-refractivity contribution >= 4 is 11.9 Å². The van der Waals surface area contributed by atoms with Crippen molar-refractivity contribution in [2.75, 3.05) is 31.2 Å². The number of anilines is 1. The van der Waals surface area contributed by atoms with E-state index in [-0.39, 0.29) is 45.3 Å². The minimum absolute atomic E-state index is 0.0323. The second-order valence-electron chi connectivity index (χ2n) is 12.5. The quantitative estimate of drug-likeness (QED) is 0.496. The molecule has 0 radical (unpaired) electrons. The van der Waals surface area contributed by atoms with Crippen molar-refractivity contribution < 1.29 is 32.9 Å². The van der Waals surface area contributed by atoms with E-state index in [0.29, 0.717) is 31.0 Å². The number of β-amino-alcohol motifs (C(OH)–C–C–N with tert-alkyl or cyclic N) is 1. The monoisotopic (exact) mass is 560 g/mol. The number of carbonyl (C=O) groups is 1. The third kappa shape index (κ3) is 6.30. The summed E-state index contributed by atoms with van der Waals surface area (Å²) in [6.07, 6.45) is 0.599. The first-order chi connectivity index (χ1) is 18.8. The van der Waals surface area contributed by atoms with Crippen LogP contribution in [0.25, 0.3) is 0 Å². The second-order valence-corrected chi connectivity index (χ2v) is 12.5. The third-order valence-electron chi connectivity index (χ3n) is 7.54. The van der Waals surface area contributed by atoms with Gasteiger partial charge in [-0.25, -0.2) is 13.6 Å². The van der Waals surface area contributed by atoms with E-state index in [4.69, 9.17) is 14.2 Å². The number of hydrogen-bond acceptors (Lipinski definition) is 8. The van der Waals surface area contributed by atoms with Crippen molar-refractivity contribution in [1.82, 2.24) is 14.9 Å². The molecule has 0 bridgehead atoms. The van der Waals surface area contributed by atoms with E-state index < -0.39 is 28.6 Å². The number of benzene rings is 1. The molecular formula is C29H38F2N4O5. The van der Waals surface area contributed by atoms with E-state index in [9.17, 15) is 18.7 Å². The van der Waals surface area contributed by atoms with Gasteiger partial charge in [0.2, 0.25) is 0 Å². The highest BCUT2D eigenvalue weighted by Crippen LogP contribution is 2.60. The maximum Gasteiger partial charge on any atom is 0.410 e. The molecule has 2 fully saturated rings. The van der Waals surface area contributed by atoms with Crippen LogP contribution >= 0.6 is 0 Å². The lowest BCUT2D eigenvalue weighted by Crippen LogP contribution is -2.47. The Bertz CT molecular complexity index is 1240. The van der Waals surface area contributed by atoms with Crippen LogP contribution < -0.4 is 9.64 Å². The molecule has 1 N–H and O–H groups in total. The normalized spacial score (nSPS) is 25.5. The summed E-state index contributed by atoms with van der Waals surface area (Å²) in [5.41, 5.74) is -0.798. The Hall–Kier alpha value is -3.05. The first kappa shape index (κ1) is 28.5. The van der Waals surface area contributed by atoms with E-state index in [1.54, 1.807) is 27.7 Å². The Kier molecular flexibility index (Phi) is 7.41. The van der Waals surface area contributed by atoms with E-state index >= 15 is 0 Å². The predicted octanol–water partition coefficient (Wildman–Crippen LogP) is 4.70. The van der Waals surface area contributed by atoms with Gasteiger partial charge in [-0.2, -0.15) is 9.97 Å². The standard InChI is InChI=1S/C29H38F2N4O5/c1-26(2,3)40-25(36)35-13-21-22(14-35)32-24(33-23(21)34-12-8-11-27(4,37)17-34)39-19-28(16-29(28,30)31)18-38-15-20-9-6-5-7-10-20/h5-7,9-10,37H,8,11-19H2,1-4H3/t27-,28?/m1/s1. The molecule has 2 aromatic rings. The minimum atomic E-state index is -2.91. The Morgan fingerprint density at radius 3 is 2.50 bits per heavy atom. The van der Waals surface area contributed by atoms with Gasteiger partial charge in [0.1, 0.15) is 18.0 Å². The number of carbonyl (C=O) groups excluding carboxylic acids is 1. The third-order valence-corrected chi connectivity index (χ3v) is 7.54. The van der Waals surface area contributed by atoms with E-state index in [2.05, 4.69) is 9.97 Å². The van der Waals surface area contributed by atoms with Crippen LogP contribution in [-0.2, 0) is 29.2 Å². The number of hydrogen-bond donors (Lipinski definition) is 1. The van der Waals surface area contributed by atoms with Gasteiger partial charge in [-0.3, -0.25) is 4.90 Å². The Morgan fingerprint density at radius 2 is 1.85 bits per heavy atom. The van der Waals surface area contributed by atoms with Crippen LogP contribution in [0.15, 0.2) is 30.3 Å². The fraction of sp³-hybridized carbons (Fsp3) is 0.621. The minimum Gasteiger partial charge on any atom is -0.462 e. The molecule has 40 heavy (non-hydrogen) atoms. The fourth-order valence-corrected chi connectivity index (χ4v) is 5.27. The smallest absolute Gasteiger partial charge is 0.410 e. The van der Waals surface area contributed by atoms with Gasteiger partial charge in [-0.05, 0) is 46.1 Å². The van der Waals surface area contributed by atoms with Gasteiger partial charge in [-0.15, -0.1) is 0 Å². The summed E-state index contributed by atoms with van der Waals surface area (Å²) in [5, 5.41) is 10.7. The molecule has 1 unspecified atom stereocenters. The maximum atomic E-state index is 14.5. The van der Waals surface area contributed by atoms with Crippen LogP contribution in [-0.4, -0.2) is 69.5 Å². The summed E-state index contributed by atoms with van der Waals surface area (Å²) in [6.45, 7) is 8.37. The van der Waals surface area contributed by atoms with Crippen LogP contribution in [0.2, 0.25) is 0 Å². The van der Waals surface area contributed by atoms with Gasteiger partial charge in [0.25, 0.3) is 5.92 Å². The SMILES string of the molecule is CC(C)(C)OC(=O)N1Cc2nc(OCC3(COCc4ccccc4)CC3(F)F)nc(N3CCC[C@@](C)(O)C3)c2C1. The fourth-order valence-electron chi connectivity index (χ4n) is 5.27. The Labute approximate surface area is 233 Å². The summed E-state index contributed by atoms with van der Waals surface area (Å²) >= 11 is 0. The van der Waals surface area contributed by atoms with Crippen molar-refractivity contribution in [2.45, 2.75) is 83.8 Å². The van der Waals surface area contributed by atoms with Gasteiger partial charge >= 0.3 is 12.1 Å². The summed E-state index contributed by atoms with van der Waals surface area (Å²) in [7, 11) is 0. The van der Waals surface area contributed by atoms with Gasteiger partial charge < -0.3 is 24.2 Å². The van der Waals surface area contributed by atoms with Crippen LogP contribution in [0.5, 0.6) is 6.01 Å². The molecule has 3 aliphatic rings. The highest BCUT2D eigenvalue weighted by molar-refractivity contribution is 5.70. The zero-order valence-corrected chi connectivity index (χ0v) is 23.6. The van der Waals surface area contributed by atoms with Crippen molar-refractivity contribution in [1.29, 1.82) is 0 Å². The number of piperidine rings is 1. The molecule has 9 nitrogen and oxygen atoms in total. The number of nitrogens with zero attached hydrogens (tertiary/aromatic N) is 4.